The van der Waals surface area contributed by atoms with Gasteiger partial charge in [-0.15, -0.1) is 11.8 Å². The SMILES string of the molecule is CC(C)(C)NC(=O)CSCc1ccccc1C#N. The molecule has 0 aliphatic carbocycles. The molecule has 1 N–H and O–H groups in total. The Balaban J connectivity index is 2.43. The van der Waals surface area contributed by atoms with Crippen LogP contribution in [0, 0.1) is 11.3 Å². The molecule has 96 valence electrons. The van der Waals surface area contributed by atoms with Crippen LogP contribution in [0.15, 0.2) is 24.3 Å². The number of rotatable bonds is 4. The Hall–Kier alpha value is -1.47. The van der Waals surface area contributed by atoms with Crippen molar-refractivity contribution in [2.45, 2.75) is 32.1 Å². The van der Waals surface area contributed by atoms with Gasteiger partial charge in [0.05, 0.1) is 17.4 Å². The quantitative estimate of drug-likeness (QED) is 0.907. The summed E-state index contributed by atoms with van der Waals surface area (Å²) in [6.45, 7) is 5.88. The van der Waals surface area contributed by atoms with Crippen molar-refractivity contribution in [3.63, 3.8) is 0 Å². The minimum Gasteiger partial charge on any atom is -0.351 e. The summed E-state index contributed by atoms with van der Waals surface area (Å²) in [4.78, 5) is 11.6. The molecule has 1 rings (SSSR count). The zero-order valence-corrected chi connectivity index (χ0v) is 11.8. The molecule has 1 amide bonds. The molecular weight excluding hydrogens is 244 g/mol. The van der Waals surface area contributed by atoms with Crippen molar-refractivity contribution in [3.8, 4) is 6.07 Å². The highest BCUT2D eigenvalue weighted by molar-refractivity contribution is 7.99. The summed E-state index contributed by atoms with van der Waals surface area (Å²) in [6, 6.07) is 9.63. The van der Waals surface area contributed by atoms with E-state index in [0.29, 0.717) is 17.1 Å². The lowest BCUT2D eigenvalue weighted by atomic mass is 10.1. The Bertz CT molecular complexity index is 458. The van der Waals surface area contributed by atoms with E-state index < -0.39 is 0 Å². The summed E-state index contributed by atoms with van der Waals surface area (Å²) in [5, 5.41) is 11.9. The highest BCUT2D eigenvalue weighted by Crippen LogP contribution is 2.16. The van der Waals surface area contributed by atoms with E-state index in [1.807, 2.05) is 39.0 Å². The largest absolute Gasteiger partial charge is 0.351 e. The van der Waals surface area contributed by atoms with Gasteiger partial charge in [-0.1, -0.05) is 18.2 Å². The summed E-state index contributed by atoms with van der Waals surface area (Å²) < 4.78 is 0. The van der Waals surface area contributed by atoms with Crippen molar-refractivity contribution in [2.75, 3.05) is 5.75 Å². The summed E-state index contributed by atoms with van der Waals surface area (Å²) in [5.41, 5.74) is 1.47. The Morgan fingerprint density at radius 2 is 2.06 bits per heavy atom. The number of thioether (sulfide) groups is 1. The predicted molar refractivity (Wildman–Crippen MR) is 75.2 cm³/mol. The Morgan fingerprint density at radius 3 is 2.67 bits per heavy atom. The van der Waals surface area contributed by atoms with Crippen molar-refractivity contribution in [1.82, 2.24) is 5.32 Å². The standard InChI is InChI=1S/C14H18N2OS/c1-14(2,3)16-13(17)10-18-9-12-7-5-4-6-11(12)8-15/h4-7H,9-10H2,1-3H3,(H,16,17). The Kier molecular flexibility index (Phi) is 5.24. The average molecular weight is 262 g/mol. The molecule has 0 aromatic heterocycles. The van der Waals surface area contributed by atoms with Crippen LogP contribution in [0.5, 0.6) is 0 Å². The predicted octanol–water partition coefficient (Wildman–Crippen LogP) is 2.71. The topological polar surface area (TPSA) is 52.9 Å². The number of nitrogens with zero attached hydrogens (tertiary/aromatic N) is 1. The van der Waals surface area contributed by atoms with Crippen LogP contribution < -0.4 is 5.32 Å². The molecular formula is C14H18N2OS. The van der Waals surface area contributed by atoms with Crippen molar-refractivity contribution in [3.05, 3.63) is 35.4 Å². The number of nitriles is 1. The summed E-state index contributed by atoms with van der Waals surface area (Å²) >= 11 is 1.52. The fraction of sp³-hybridized carbons (Fsp3) is 0.429. The van der Waals surface area contributed by atoms with E-state index in [4.69, 9.17) is 5.26 Å². The minimum absolute atomic E-state index is 0.0296. The third-order valence-electron chi connectivity index (χ3n) is 2.14. The molecule has 0 saturated heterocycles. The monoisotopic (exact) mass is 262 g/mol. The van der Waals surface area contributed by atoms with Crippen LogP contribution in [-0.4, -0.2) is 17.2 Å². The summed E-state index contributed by atoms with van der Waals surface area (Å²) in [6.07, 6.45) is 0. The van der Waals surface area contributed by atoms with E-state index in [-0.39, 0.29) is 11.4 Å². The molecule has 18 heavy (non-hydrogen) atoms. The summed E-state index contributed by atoms with van der Waals surface area (Å²) in [7, 11) is 0. The molecule has 3 nitrogen and oxygen atoms in total. The zero-order valence-electron chi connectivity index (χ0n) is 11.0. The van der Waals surface area contributed by atoms with Gasteiger partial charge in [0.15, 0.2) is 0 Å². The lowest BCUT2D eigenvalue weighted by Gasteiger charge is -2.20. The molecule has 1 aromatic carbocycles. The van der Waals surface area contributed by atoms with Crippen molar-refractivity contribution < 1.29 is 4.79 Å². The molecule has 0 spiro atoms. The van der Waals surface area contributed by atoms with Gasteiger partial charge in [0.1, 0.15) is 0 Å². The number of nitrogens with one attached hydrogen (secondary N) is 1. The van der Waals surface area contributed by atoms with E-state index in [1.54, 1.807) is 6.07 Å². The van der Waals surface area contributed by atoms with Crippen LogP contribution >= 0.6 is 11.8 Å². The highest BCUT2D eigenvalue weighted by Gasteiger charge is 2.13. The van der Waals surface area contributed by atoms with Crippen LogP contribution in [0.25, 0.3) is 0 Å². The Morgan fingerprint density at radius 1 is 1.39 bits per heavy atom. The molecule has 4 heteroatoms. The zero-order chi connectivity index (χ0) is 13.6. The first-order valence-corrected chi connectivity index (χ1v) is 6.94. The molecule has 0 atom stereocenters. The normalized spacial score (nSPS) is 10.8. The van der Waals surface area contributed by atoms with E-state index in [9.17, 15) is 4.79 Å². The molecule has 0 bridgehead atoms. The van der Waals surface area contributed by atoms with Crippen LogP contribution in [0.2, 0.25) is 0 Å². The first kappa shape index (κ1) is 14.6. The number of hydrogen-bond donors (Lipinski definition) is 1. The van der Waals surface area contributed by atoms with E-state index in [2.05, 4.69) is 11.4 Å². The van der Waals surface area contributed by atoms with E-state index in [1.165, 1.54) is 11.8 Å². The van der Waals surface area contributed by atoms with Crippen molar-refractivity contribution in [1.29, 1.82) is 5.26 Å². The van der Waals surface area contributed by atoms with Gasteiger partial charge in [-0.2, -0.15) is 5.26 Å². The maximum Gasteiger partial charge on any atom is 0.230 e. The average Bonchev–Trinajstić information content (AvgIpc) is 2.27. The second-order valence-corrected chi connectivity index (χ2v) is 6.05. The molecule has 0 aliphatic rings. The Labute approximate surface area is 113 Å². The molecule has 0 radical (unpaired) electrons. The first-order chi connectivity index (χ1) is 8.42. The molecule has 0 unspecified atom stereocenters. The molecule has 0 heterocycles. The van der Waals surface area contributed by atoms with Gasteiger partial charge in [-0.25, -0.2) is 0 Å². The van der Waals surface area contributed by atoms with Gasteiger partial charge >= 0.3 is 0 Å². The fourth-order valence-electron chi connectivity index (χ4n) is 1.46. The first-order valence-electron chi connectivity index (χ1n) is 5.79. The van der Waals surface area contributed by atoms with E-state index >= 15 is 0 Å². The van der Waals surface area contributed by atoms with Crippen LogP contribution in [0.1, 0.15) is 31.9 Å². The molecule has 0 saturated carbocycles. The third kappa shape index (κ3) is 5.24. The maximum absolute atomic E-state index is 11.6. The van der Waals surface area contributed by atoms with Crippen molar-refractivity contribution in [2.24, 2.45) is 0 Å². The number of benzene rings is 1. The fourth-order valence-corrected chi connectivity index (χ4v) is 2.29. The van der Waals surface area contributed by atoms with Gasteiger partial charge in [0, 0.05) is 11.3 Å². The lowest BCUT2D eigenvalue weighted by molar-refractivity contribution is -0.119. The van der Waals surface area contributed by atoms with Gasteiger partial charge < -0.3 is 5.32 Å². The second-order valence-electron chi connectivity index (χ2n) is 5.06. The third-order valence-corrected chi connectivity index (χ3v) is 3.12. The number of carbonyl (C=O) groups excluding carboxylic acids is 1. The maximum atomic E-state index is 11.6. The van der Waals surface area contributed by atoms with Gasteiger partial charge in [-0.05, 0) is 32.4 Å². The summed E-state index contributed by atoms with van der Waals surface area (Å²) in [5.74, 6) is 1.13. The molecule has 0 aliphatic heterocycles. The second kappa shape index (κ2) is 6.46. The lowest BCUT2D eigenvalue weighted by Crippen LogP contribution is -2.41. The number of hydrogen-bond acceptors (Lipinski definition) is 3. The minimum atomic E-state index is -0.192. The molecule has 0 fully saturated rings. The van der Waals surface area contributed by atoms with Crippen LogP contribution in [0.4, 0.5) is 0 Å². The number of amides is 1. The van der Waals surface area contributed by atoms with Gasteiger partial charge in [0.2, 0.25) is 5.91 Å². The van der Waals surface area contributed by atoms with Crippen LogP contribution in [-0.2, 0) is 10.5 Å². The number of carbonyl (C=O) groups is 1. The van der Waals surface area contributed by atoms with E-state index in [0.717, 1.165) is 5.56 Å². The molecule has 1 aromatic rings. The smallest absolute Gasteiger partial charge is 0.230 e. The van der Waals surface area contributed by atoms with Gasteiger partial charge in [0.25, 0.3) is 0 Å². The van der Waals surface area contributed by atoms with Crippen LogP contribution in [0.3, 0.4) is 0 Å². The highest BCUT2D eigenvalue weighted by atomic mass is 32.2. The van der Waals surface area contributed by atoms with Crippen molar-refractivity contribution >= 4 is 17.7 Å². The van der Waals surface area contributed by atoms with Gasteiger partial charge in [-0.3, -0.25) is 4.79 Å².